The van der Waals surface area contributed by atoms with E-state index in [1.807, 2.05) is 0 Å². The highest BCUT2D eigenvalue weighted by Crippen LogP contribution is 2.26. The number of aliphatic hydroxyl groups excluding tert-OH is 7. The van der Waals surface area contributed by atoms with Gasteiger partial charge in [-0.25, -0.2) is 0 Å². The van der Waals surface area contributed by atoms with Gasteiger partial charge in [-0.15, -0.1) is 0 Å². The van der Waals surface area contributed by atoms with Gasteiger partial charge in [0.1, 0.15) is 48.8 Å². The first-order chi connectivity index (χ1) is 14.7. The highest BCUT2D eigenvalue weighted by atomic mass is 16.7. The first-order valence-electron chi connectivity index (χ1n) is 10.1. The molecule has 0 aliphatic carbocycles. The fourth-order valence-electron chi connectivity index (χ4n) is 3.49. The summed E-state index contributed by atoms with van der Waals surface area (Å²) >= 11 is 0. The zero-order valence-corrected chi connectivity index (χ0v) is 16.9. The van der Waals surface area contributed by atoms with Crippen molar-refractivity contribution in [2.45, 2.75) is 74.4 Å². The van der Waals surface area contributed by atoms with E-state index in [-0.39, 0.29) is 13.2 Å². The van der Waals surface area contributed by atoms with Gasteiger partial charge in [-0.05, 0) is 12.5 Å². The van der Waals surface area contributed by atoms with E-state index in [1.54, 1.807) is 30.3 Å². The van der Waals surface area contributed by atoms with Crippen molar-refractivity contribution in [2.75, 3.05) is 13.2 Å². The van der Waals surface area contributed by atoms with Crippen molar-refractivity contribution in [3.8, 4) is 0 Å². The molecule has 176 valence electrons. The van der Waals surface area contributed by atoms with Crippen LogP contribution in [0.2, 0.25) is 0 Å². The maximum Gasteiger partial charge on any atom is 0.186 e. The Morgan fingerprint density at radius 2 is 1.35 bits per heavy atom. The van der Waals surface area contributed by atoms with Crippen molar-refractivity contribution in [2.24, 2.45) is 0 Å². The van der Waals surface area contributed by atoms with E-state index in [2.05, 4.69) is 0 Å². The Hall–Kier alpha value is -1.22. The molecule has 2 fully saturated rings. The van der Waals surface area contributed by atoms with E-state index in [0.717, 1.165) is 0 Å². The molecule has 0 saturated carbocycles. The van der Waals surface area contributed by atoms with Crippen LogP contribution in [-0.2, 0) is 18.9 Å². The zero-order valence-electron chi connectivity index (χ0n) is 16.9. The van der Waals surface area contributed by atoms with E-state index >= 15 is 0 Å². The van der Waals surface area contributed by atoms with Crippen molar-refractivity contribution < 1.29 is 54.7 Å². The molecule has 2 aliphatic heterocycles. The third kappa shape index (κ3) is 5.59. The number of benzene rings is 1. The molecule has 7 N–H and O–H groups in total. The normalized spacial score (nSPS) is 42.3. The molecular weight excluding hydrogens is 416 g/mol. The Labute approximate surface area is 179 Å². The van der Waals surface area contributed by atoms with Crippen LogP contribution in [0.3, 0.4) is 0 Å². The second-order valence-corrected chi connectivity index (χ2v) is 7.79. The Kier molecular flexibility index (Phi) is 8.35. The minimum Gasteiger partial charge on any atom is -0.388 e. The maximum absolute atomic E-state index is 10.2. The Balaban J connectivity index is 1.57. The molecule has 31 heavy (non-hydrogen) atoms. The van der Waals surface area contributed by atoms with Crippen molar-refractivity contribution in [1.82, 2.24) is 0 Å². The smallest absolute Gasteiger partial charge is 0.186 e. The lowest BCUT2D eigenvalue weighted by Gasteiger charge is -2.42. The summed E-state index contributed by atoms with van der Waals surface area (Å²) in [5, 5.41) is 70.3. The van der Waals surface area contributed by atoms with Crippen LogP contribution in [0.4, 0.5) is 0 Å². The largest absolute Gasteiger partial charge is 0.388 e. The second-order valence-electron chi connectivity index (χ2n) is 7.79. The molecule has 0 aromatic heterocycles. The molecule has 2 aliphatic rings. The van der Waals surface area contributed by atoms with Crippen LogP contribution in [0, 0.1) is 0 Å². The number of ether oxygens (including phenoxy) is 4. The summed E-state index contributed by atoms with van der Waals surface area (Å²) < 4.78 is 21.6. The lowest BCUT2D eigenvalue weighted by atomic mass is 9.98. The van der Waals surface area contributed by atoms with E-state index in [9.17, 15) is 35.7 Å². The van der Waals surface area contributed by atoms with Crippen LogP contribution in [0.5, 0.6) is 0 Å². The molecule has 0 amide bonds. The van der Waals surface area contributed by atoms with Gasteiger partial charge in [0.25, 0.3) is 0 Å². The number of hydrogen-bond acceptors (Lipinski definition) is 11. The molecule has 0 spiro atoms. The fourth-order valence-corrected chi connectivity index (χ4v) is 3.49. The molecule has 1 aromatic rings. The Morgan fingerprint density at radius 3 is 2.00 bits per heavy atom. The molecule has 11 unspecified atom stereocenters. The summed E-state index contributed by atoms with van der Waals surface area (Å²) in [4.78, 5) is 0. The van der Waals surface area contributed by atoms with Gasteiger partial charge >= 0.3 is 0 Å². The zero-order chi connectivity index (χ0) is 22.7. The lowest BCUT2D eigenvalue weighted by Crippen LogP contribution is -2.61. The molecule has 0 bridgehead atoms. The van der Waals surface area contributed by atoms with Crippen molar-refractivity contribution in [3.05, 3.63) is 35.9 Å². The van der Waals surface area contributed by atoms with Crippen LogP contribution >= 0.6 is 0 Å². The van der Waals surface area contributed by atoms with Crippen molar-refractivity contribution in [1.29, 1.82) is 0 Å². The van der Waals surface area contributed by atoms with E-state index < -0.39 is 67.5 Å². The third-order valence-electron chi connectivity index (χ3n) is 5.50. The number of aliphatic hydroxyl groups is 7. The monoisotopic (exact) mass is 446 g/mol. The van der Waals surface area contributed by atoms with Gasteiger partial charge in [0.05, 0.1) is 19.3 Å². The average Bonchev–Trinajstić information content (AvgIpc) is 2.78. The predicted octanol–water partition coefficient (Wildman–Crippen LogP) is -2.61. The van der Waals surface area contributed by atoms with Crippen LogP contribution < -0.4 is 0 Å². The summed E-state index contributed by atoms with van der Waals surface area (Å²) in [6, 6.07) is 8.68. The minimum absolute atomic E-state index is 0.242. The molecule has 2 saturated heterocycles. The molecule has 11 heteroatoms. The van der Waals surface area contributed by atoms with Gasteiger partial charge in [-0.1, -0.05) is 30.3 Å². The molecule has 3 rings (SSSR count). The van der Waals surface area contributed by atoms with Crippen LogP contribution in [0.15, 0.2) is 30.3 Å². The van der Waals surface area contributed by atoms with E-state index in [1.165, 1.54) is 6.92 Å². The van der Waals surface area contributed by atoms with Crippen molar-refractivity contribution in [3.63, 3.8) is 0 Å². The van der Waals surface area contributed by atoms with Gasteiger partial charge < -0.3 is 54.7 Å². The average molecular weight is 446 g/mol. The Morgan fingerprint density at radius 1 is 0.774 bits per heavy atom. The summed E-state index contributed by atoms with van der Waals surface area (Å²) in [5.41, 5.74) is 0.589. The summed E-state index contributed by atoms with van der Waals surface area (Å²) in [7, 11) is 0. The lowest BCUT2D eigenvalue weighted by molar-refractivity contribution is -0.329. The number of hydrogen-bond donors (Lipinski definition) is 7. The standard InChI is InChI=1S/C20H30O11/c1-9-13(22)15(24)17(26)19(30-9)29-8-12-14(23)16(25)18(27)20(31-12)28-7-11(21)10-5-3-2-4-6-10/h2-6,9,11-27H,7-8H2,1H3. The Bertz CT molecular complexity index is 676. The van der Waals surface area contributed by atoms with Crippen molar-refractivity contribution >= 4 is 0 Å². The van der Waals surface area contributed by atoms with Gasteiger partial charge in [0.2, 0.25) is 0 Å². The molecule has 11 atom stereocenters. The minimum atomic E-state index is -1.62. The summed E-state index contributed by atoms with van der Waals surface area (Å²) in [6.07, 6.45) is -14.7. The molecule has 11 nitrogen and oxygen atoms in total. The van der Waals surface area contributed by atoms with Gasteiger partial charge in [0, 0.05) is 0 Å². The summed E-state index contributed by atoms with van der Waals surface area (Å²) in [5.74, 6) is 0. The fraction of sp³-hybridized carbons (Fsp3) is 0.700. The highest BCUT2D eigenvalue weighted by Gasteiger charge is 2.46. The molecule has 1 aromatic carbocycles. The first kappa shape index (κ1) is 24.4. The third-order valence-corrected chi connectivity index (χ3v) is 5.50. The van der Waals surface area contributed by atoms with E-state index in [4.69, 9.17) is 18.9 Å². The van der Waals surface area contributed by atoms with Gasteiger partial charge in [-0.2, -0.15) is 0 Å². The van der Waals surface area contributed by atoms with Crippen LogP contribution in [0.1, 0.15) is 18.6 Å². The second kappa shape index (κ2) is 10.6. The maximum atomic E-state index is 10.2. The highest BCUT2D eigenvalue weighted by molar-refractivity contribution is 5.17. The molecular formula is C20H30O11. The quantitative estimate of drug-likeness (QED) is 0.233. The molecule has 2 heterocycles. The SMILES string of the molecule is CC1OC(OCC2OC(OCC(O)c3ccccc3)C(O)C(O)C2O)C(O)C(O)C1O. The predicted molar refractivity (Wildman–Crippen MR) is 102 cm³/mol. The molecule has 0 radical (unpaired) electrons. The van der Waals surface area contributed by atoms with E-state index in [0.29, 0.717) is 5.56 Å². The first-order valence-corrected chi connectivity index (χ1v) is 10.1. The van der Waals surface area contributed by atoms with Gasteiger partial charge in [0.15, 0.2) is 12.6 Å². The van der Waals surface area contributed by atoms with Crippen LogP contribution in [-0.4, -0.2) is 110 Å². The van der Waals surface area contributed by atoms with Crippen LogP contribution in [0.25, 0.3) is 0 Å². The number of rotatable bonds is 7. The topological polar surface area (TPSA) is 179 Å². The summed E-state index contributed by atoms with van der Waals surface area (Å²) in [6.45, 7) is 0.863. The van der Waals surface area contributed by atoms with Gasteiger partial charge in [-0.3, -0.25) is 0 Å².